The summed E-state index contributed by atoms with van der Waals surface area (Å²) in [6.45, 7) is 0.575. The molecule has 0 fully saturated rings. The van der Waals surface area contributed by atoms with Crippen LogP contribution in [0.2, 0.25) is 0 Å². The molecule has 0 unspecified atom stereocenters. The van der Waals surface area contributed by atoms with Crippen molar-refractivity contribution in [3.05, 3.63) is 58.3 Å². The van der Waals surface area contributed by atoms with Crippen LogP contribution in [-0.4, -0.2) is 24.5 Å². The van der Waals surface area contributed by atoms with Crippen molar-refractivity contribution in [2.75, 3.05) is 13.7 Å². The summed E-state index contributed by atoms with van der Waals surface area (Å²) in [6, 6.07) is 11.2. The summed E-state index contributed by atoms with van der Waals surface area (Å²) in [7, 11) is 1.64. The van der Waals surface area contributed by atoms with Gasteiger partial charge in [0.2, 0.25) is 0 Å². The van der Waals surface area contributed by atoms with E-state index in [2.05, 4.69) is 26.2 Å². The Morgan fingerprint density at radius 2 is 2.20 bits per heavy atom. The van der Waals surface area contributed by atoms with Crippen LogP contribution < -0.4 is 10.1 Å². The topological polar surface area (TPSA) is 51.2 Å². The van der Waals surface area contributed by atoms with Gasteiger partial charge in [-0.25, -0.2) is 4.98 Å². The zero-order valence-corrected chi connectivity index (χ0v) is 12.7. The molecule has 1 aromatic heterocycles. The number of hydrogen-bond donors (Lipinski definition) is 1. The Morgan fingerprint density at radius 3 is 2.95 bits per heavy atom. The molecule has 1 aromatic carbocycles. The molecular formula is C15H15BrN2O2. The maximum absolute atomic E-state index is 11.9. The molecule has 2 aromatic rings. The maximum Gasteiger partial charge on any atom is 0.251 e. The standard InChI is InChI=1S/C15H15BrN2O2/c1-20-13-4-2-3-11(9-13)5-7-18-15(19)12-6-8-17-14(16)10-12/h2-4,6,8-10H,5,7H2,1H3,(H,18,19). The third kappa shape index (κ3) is 4.06. The zero-order valence-electron chi connectivity index (χ0n) is 11.1. The summed E-state index contributed by atoms with van der Waals surface area (Å²) in [5.41, 5.74) is 1.72. The molecule has 0 atom stereocenters. The molecule has 0 saturated carbocycles. The summed E-state index contributed by atoms with van der Waals surface area (Å²) in [5.74, 6) is 0.725. The lowest BCUT2D eigenvalue weighted by Crippen LogP contribution is -2.25. The first kappa shape index (κ1) is 14.5. The van der Waals surface area contributed by atoms with E-state index in [0.717, 1.165) is 17.7 Å². The Bertz CT molecular complexity index is 602. The molecule has 0 spiro atoms. The van der Waals surface area contributed by atoms with Gasteiger partial charge < -0.3 is 10.1 Å². The van der Waals surface area contributed by atoms with Crippen LogP contribution in [0.1, 0.15) is 15.9 Å². The number of benzene rings is 1. The van der Waals surface area contributed by atoms with Gasteiger partial charge in [0.15, 0.2) is 0 Å². The minimum Gasteiger partial charge on any atom is -0.497 e. The number of nitrogens with one attached hydrogen (secondary N) is 1. The van der Waals surface area contributed by atoms with Crippen molar-refractivity contribution in [1.29, 1.82) is 0 Å². The Morgan fingerprint density at radius 1 is 1.35 bits per heavy atom. The van der Waals surface area contributed by atoms with Crippen molar-refractivity contribution < 1.29 is 9.53 Å². The number of rotatable bonds is 5. The van der Waals surface area contributed by atoms with Gasteiger partial charge in [0.1, 0.15) is 10.4 Å². The molecule has 0 aliphatic rings. The highest BCUT2D eigenvalue weighted by molar-refractivity contribution is 9.10. The molecule has 2 rings (SSSR count). The number of amides is 1. The third-order valence-corrected chi connectivity index (χ3v) is 3.26. The molecule has 104 valence electrons. The van der Waals surface area contributed by atoms with E-state index in [4.69, 9.17) is 4.74 Å². The number of carbonyl (C=O) groups excluding carboxylic acids is 1. The molecule has 0 radical (unpaired) electrons. The first-order valence-electron chi connectivity index (χ1n) is 6.22. The average Bonchev–Trinajstić information content (AvgIpc) is 2.47. The highest BCUT2D eigenvalue weighted by Crippen LogP contribution is 2.12. The zero-order chi connectivity index (χ0) is 14.4. The van der Waals surface area contributed by atoms with Crippen molar-refractivity contribution in [2.45, 2.75) is 6.42 Å². The number of ether oxygens (including phenoxy) is 1. The first-order valence-corrected chi connectivity index (χ1v) is 7.01. The van der Waals surface area contributed by atoms with Crippen LogP contribution in [0.3, 0.4) is 0 Å². The molecule has 1 N–H and O–H groups in total. The molecule has 5 heteroatoms. The van der Waals surface area contributed by atoms with Crippen LogP contribution in [0, 0.1) is 0 Å². The fraction of sp³-hybridized carbons (Fsp3) is 0.200. The van der Waals surface area contributed by atoms with Crippen LogP contribution in [0.15, 0.2) is 47.2 Å². The smallest absolute Gasteiger partial charge is 0.251 e. The van der Waals surface area contributed by atoms with Crippen LogP contribution in [0.5, 0.6) is 5.75 Å². The van der Waals surface area contributed by atoms with Crippen LogP contribution in [0.4, 0.5) is 0 Å². The summed E-state index contributed by atoms with van der Waals surface area (Å²) < 4.78 is 5.82. The van der Waals surface area contributed by atoms with Gasteiger partial charge in [-0.2, -0.15) is 0 Å². The number of pyridine rings is 1. The van der Waals surface area contributed by atoms with Gasteiger partial charge in [0, 0.05) is 18.3 Å². The highest BCUT2D eigenvalue weighted by Gasteiger charge is 2.05. The Hall–Kier alpha value is -1.88. The molecule has 0 bridgehead atoms. The minimum absolute atomic E-state index is 0.101. The Labute approximate surface area is 126 Å². The van der Waals surface area contributed by atoms with Gasteiger partial charge in [-0.15, -0.1) is 0 Å². The number of nitrogens with zero attached hydrogens (tertiary/aromatic N) is 1. The second-order valence-electron chi connectivity index (χ2n) is 4.22. The Kier molecular flexibility index (Phi) is 5.12. The van der Waals surface area contributed by atoms with Gasteiger partial charge >= 0.3 is 0 Å². The average molecular weight is 335 g/mol. The molecule has 0 aliphatic heterocycles. The van der Waals surface area contributed by atoms with Gasteiger partial charge in [-0.1, -0.05) is 12.1 Å². The normalized spacial score (nSPS) is 10.1. The van der Waals surface area contributed by atoms with E-state index >= 15 is 0 Å². The van der Waals surface area contributed by atoms with E-state index in [-0.39, 0.29) is 5.91 Å². The van der Waals surface area contributed by atoms with E-state index in [0.29, 0.717) is 16.7 Å². The summed E-state index contributed by atoms with van der Waals surface area (Å²) in [6.07, 6.45) is 2.36. The fourth-order valence-corrected chi connectivity index (χ4v) is 2.16. The molecular weight excluding hydrogens is 320 g/mol. The number of aromatic nitrogens is 1. The monoisotopic (exact) mass is 334 g/mol. The van der Waals surface area contributed by atoms with Crippen molar-refractivity contribution >= 4 is 21.8 Å². The highest BCUT2D eigenvalue weighted by atomic mass is 79.9. The summed E-state index contributed by atoms with van der Waals surface area (Å²) in [4.78, 5) is 15.9. The molecule has 0 aliphatic carbocycles. The SMILES string of the molecule is COc1cccc(CCNC(=O)c2ccnc(Br)c2)c1. The van der Waals surface area contributed by atoms with E-state index in [1.165, 1.54) is 0 Å². The number of methoxy groups -OCH3 is 1. The minimum atomic E-state index is -0.101. The quantitative estimate of drug-likeness (QED) is 0.855. The van der Waals surface area contributed by atoms with Crippen molar-refractivity contribution in [3.63, 3.8) is 0 Å². The van der Waals surface area contributed by atoms with Crippen LogP contribution >= 0.6 is 15.9 Å². The maximum atomic E-state index is 11.9. The number of halogens is 1. The van der Waals surface area contributed by atoms with Crippen molar-refractivity contribution in [3.8, 4) is 5.75 Å². The fourth-order valence-electron chi connectivity index (χ4n) is 1.79. The van der Waals surface area contributed by atoms with Gasteiger partial charge in [0.05, 0.1) is 7.11 Å². The lowest BCUT2D eigenvalue weighted by molar-refractivity contribution is 0.0954. The largest absolute Gasteiger partial charge is 0.497 e. The number of hydrogen-bond acceptors (Lipinski definition) is 3. The summed E-state index contributed by atoms with van der Waals surface area (Å²) >= 11 is 3.25. The molecule has 20 heavy (non-hydrogen) atoms. The van der Waals surface area contributed by atoms with Gasteiger partial charge in [-0.3, -0.25) is 4.79 Å². The lowest BCUT2D eigenvalue weighted by Gasteiger charge is -2.07. The molecule has 1 heterocycles. The van der Waals surface area contributed by atoms with E-state index < -0.39 is 0 Å². The summed E-state index contributed by atoms with van der Waals surface area (Å²) in [5, 5.41) is 2.88. The van der Waals surface area contributed by atoms with E-state index in [1.807, 2.05) is 24.3 Å². The van der Waals surface area contributed by atoms with E-state index in [9.17, 15) is 4.79 Å². The first-order chi connectivity index (χ1) is 9.69. The predicted molar refractivity (Wildman–Crippen MR) is 81.0 cm³/mol. The predicted octanol–water partition coefficient (Wildman–Crippen LogP) is 2.83. The van der Waals surface area contributed by atoms with Gasteiger partial charge in [-0.05, 0) is 52.2 Å². The van der Waals surface area contributed by atoms with Gasteiger partial charge in [0.25, 0.3) is 5.91 Å². The van der Waals surface area contributed by atoms with Crippen molar-refractivity contribution in [2.24, 2.45) is 0 Å². The van der Waals surface area contributed by atoms with Crippen LogP contribution in [0.25, 0.3) is 0 Å². The van der Waals surface area contributed by atoms with E-state index in [1.54, 1.807) is 25.4 Å². The molecule has 1 amide bonds. The molecule has 4 nitrogen and oxygen atoms in total. The van der Waals surface area contributed by atoms with Crippen LogP contribution in [-0.2, 0) is 6.42 Å². The second-order valence-corrected chi connectivity index (χ2v) is 5.04. The molecule has 0 saturated heterocycles. The van der Waals surface area contributed by atoms with Crippen molar-refractivity contribution in [1.82, 2.24) is 10.3 Å². The lowest BCUT2D eigenvalue weighted by atomic mass is 10.1. The second kappa shape index (κ2) is 7.05. The Balaban J connectivity index is 1.88. The third-order valence-electron chi connectivity index (χ3n) is 2.82. The number of carbonyl (C=O) groups is 1.